The highest BCUT2D eigenvalue weighted by Gasteiger charge is 2.13. The van der Waals surface area contributed by atoms with Crippen LogP contribution in [0.2, 0.25) is 0 Å². The highest BCUT2D eigenvalue weighted by Crippen LogP contribution is 2.21. The number of oxazole rings is 1. The molecule has 1 heterocycles. The molecule has 0 radical (unpaired) electrons. The van der Waals surface area contributed by atoms with Crippen molar-refractivity contribution in [1.82, 2.24) is 10.3 Å². The number of nitrogens with one attached hydrogen (secondary N) is 1. The summed E-state index contributed by atoms with van der Waals surface area (Å²) >= 11 is 0. The number of rotatable bonds is 6. The minimum Gasteiger partial charge on any atom is -0.444 e. The van der Waals surface area contributed by atoms with Gasteiger partial charge in [-0.15, -0.1) is 0 Å². The molecule has 0 aliphatic carbocycles. The van der Waals surface area contributed by atoms with E-state index in [9.17, 15) is 8.78 Å². The Hall–Kier alpha value is -1.95. The van der Waals surface area contributed by atoms with Gasteiger partial charge in [-0.1, -0.05) is 18.2 Å². The highest BCUT2D eigenvalue weighted by molar-refractivity contribution is 5.33. The molecule has 1 aromatic heterocycles. The molecule has 0 amide bonds. The Balaban J connectivity index is 2.00. The number of aromatic nitrogens is 1. The van der Waals surface area contributed by atoms with Crippen LogP contribution in [0.3, 0.4) is 0 Å². The number of aryl methyl sites for hydroxylation is 1. The van der Waals surface area contributed by atoms with E-state index < -0.39 is 6.61 Å². The fraction of sp³-hybridized carbons (Fsp3) is 0.357. The van der Waals surface area contributed by atoms with Crippen molar-refractivity contribution >= 4 is 0 Å². The van der Waals surface area contributed by atoms with E-state index >= 15 is 0 Å². The van der Waals surface area contributed by atoms with Gasteiger partial charge >= 0.3 is 6.61 Å². The molecule has 108 valence electrons. The van der Waals surface area contributed by atoms with Crippen molar-refractivity contribution in [3.8, 4) is 5.75 Å². The maximum absolute atomic E-state index is 12.3. The summed E-state index contributed by atoms with van der Waals surface area (Å²) in [5, 5.41) is 3.16. The molecule has 1 aromatic carbocycles. The topological polar surface area (TPSA) is 47.3 Å². The van der Waals surface area contributed by atoms with E-state index in [1.807, 2.05) is 13.8 Å². The van der Waals surface area contributed by atoms with E-state index in [-0.39, 0.29) is 11.8 Å². The number of benzene rings is 1. The second kappa shape index (κ2) is 6.47. The van der Waals surface area contributed by atoms with Gasteiger partial charge in [-0.2, -0.15) is 8.78 Å². The van der Waals surface area contributed by atoms with E-state index in [0.29, 0.717) is 18.0 Å². The van der Waals surface area contributed by atoms with E-state index in [1.165, 1.54) is 6.07 Å². The molecule has 6 heteroatoms. The van der Waals surface area contributed by atoms with Crippen molar-refractivity contribution in [1.29, 1.82) is 0 Å². The fourth-order valence-electron chi connectivity index (χ4n) is 1.78. The van der Waals surface area contributed by atoms with Crippen LogP contribution in [0.15, 0.2) is 34.9 Å². The van der Waals surface area contributed by atoms with Crippen LogP contribution in [0.5, 0.6) is 5.75 Å². The molecular weight excluding hydrogens is 266 g/mol. The van der Waals surface area contributed by atoms with Gasteiger partial charge in [-0.05, 0) is 19.9 Å². The van der Waals surface area contributed by atoms with Crippen molar-refractivity contribution in [3.05, 3.63) is 47.7 Å². The third-order valence-corrected chi connectivity index (χ3v) is 2.80. The van der Waals surface area contributed by atoms with Gasteiger partial charge in [0.15, 0.2) is 0 Å². The van der Waals surface area contributed by atoms with Crippen LogP contribution in [0.1, 0.15) is 30.2 Å². The maximum Gasteiger partial charge on any atom is 0.387 e. The molecule has 0 fully saturated rings. The van der Waals surface area contributed by atoms with E-state index in [0.717, 1.165) is 5.76 Å². The Morgan fingerprint density at radius 3 is 2.75 bits per heavy atom. The average molecular weight is 282 g/mol. The number of hydrogen-bond donors (Lipinski definition) is 1. The van der Waals surface area contributed by atoms with Crippen LogP contribution in [0.4, 0.5) is 8.78 Å². The number of alkyl halides is 2. The Labute approximate surface area is 115 Å². The molecule has 0 aliphatic heterocycles. The SMILES string of the molecule is Cc1cnc(C(C)NCc2ccccc2OC(F)F)o1. The lowest BCUT2D eigenvalue weighted by Gasteiger charge is -2.13. The minimum atomic E-state index is -2.83. The molecule has 0 spiro atoms. The van der Waals surface area contributed by atoms with Gasteiger partial charge in [-0.3, -0.25) is 0 Å². The summed E-state index contributed by atoms with van der Waals surface area (Å²) in [7, 11) is 0. The van der Waals surface area contributed by atoms with E-state index in [2.05, 4.69) is 15.0 Å². The molecule has 20 heavy (non-hydrogen) atoms. The summed E-state index contributed by atoms with van der Waals surface area (Å²) in [5.41, 5.74) is 0.655. The number of para-hydroxylation sites is 1. The van der Waals surface area contributed by atoms with Gasteiger partial charge in [0.2, 0.25) is 5.89 Å². The molecule has 2 rings (SSSR count). The minimum absolute atomic E-state index is 0.122. The Bertz CT molecular complexity index is 558. The summed E-state index contributed by atoms with van der Waals surface area (Å²) in [6.45, 7) is 1.26. The van der Waals surface area contributed by atoms with Crippen LogP contribution >= 0.6 is 0 Å². The Morgan fingerprint density at radius 1 is 1.35 bits per heavy atom. The smallest absolute Gasteiger partial charge is 0.387 e. The van der Waals surface area contributed by atoms with Crippen LogP contribution in [-0.2, 0) is 6.54 Å². The van der Waals surface area contributed by atoms with Crippen molar-refractivity contribution in [2.45, 2.75) is 33.0 Å². The van der Waals surface area contributed by atoms with Crippen molar-refractivity contribution in [2.24, 2.45) is 0 Å². The first-order chi connectivity index (χ1) is 9.56. The molecule has 1 N–H and O–H groups in total. The Morgan fingerprint density at radius 2 is 2.10 bits per heavy atom. The summed E-state index contributed by atoms with van der Waals surface area (Å²) in [6, 6.07) is 6.56. The third-order valence-electron chi connectivity index (χ3n) is 2.80. The Kier molecular flexibility index (Phi) is 4.68. The van der Waals surface area contributed by atoms with Gasteiger partial charge in [-0.25, -0.2) is 4.98 Å². The van der Waals surface area contributed by atoms with E-state index in [4.69, 9.17) is 4.42 Å². The predicted octanol–water partition coefficient (Wildman–Crippen LogP) is 3.44. The molecule has 1 unspecified atom stereocenters. The first-order valence-electron chi connectivity index (χ1n) is 6.24. The zero-order chi connectivity index (χ0) is 14.5. The summed E-state index contributed by atoms with van der Waals surface area (Å²) in [5.74, 6) is 1.47. The van der Waals surface area contributed by atoms with Gasteiger partial charge in [0, 0.05) is 12.1 Å². The number of hydrogen-bond acceptors (Lipinski definition) is 4. The van der Waals surface area contributed by atoms with Gasteiger partial charge < -0.3 is 14.5 Å². The lowest BCUT2D eigenvalue weighted by molar-refractivity contribution is -0.0505. The third kappa shape index (κ3) is 3.77. The molecule has 0 bridgehead atoms. The second-order valence-corrected chi connectivity index (χ2v) is 4.40. The van der Waals surface area contributed by atoms with Crippen LogP contribution < -0.4 is 10.1 Å². The van der Waals surface area contributed by atoms with Crippen LogP contribution in [0, 0.1) is 6.92 Å². The largest absolute Gasteiger partial charge is 0.444 e. The van der Waals surface area contributed by atoms with Crippen LogP contribution in [-0.4, -0.2) is 11.6 Å². The molecule has 0 saturated carbocycles. The first kappa shape index (κ1) is 14.5. The quantitative estimate of drug-likeness (QED) is 0.881. The monoisotopic (exact) mass is 282 g/mol. The standard InChI is InChI=1S/C14H16F2N2O2/c1-9-7-18-13(19-9)10(2)17-8-11-5-3-4-6-12(11)20-14(15)16/h3-7,10,14,17H,8H2,1-2H3. The highest BCUT2D eigenvalue weighted by atomic mass is 19.3. The van der Waals surface area contributed by atoms with Crippen molar-refractivity contribution in [2.75, 3.05) is 0 Å². The molecule has 0 saturated heterocycles. The molecular formula is C14H16F2N2O2. The van der Waals surface area contributed by atoms with Gasteiger partial charge in [0.1, 0.15) is 11.5 Å². The van der Waals surface area contributed by atoms with Gasteiger partial charge in [0.05, 0.1) is 12.2 Å². The normalized spacial score (nSPS) is 12.7. The summed E-state index contributed by atoms with van der Waals surface area (Å²) in [4.78, 5) is 4.12. The van der Waals surface area contributed by atoms with E-state index in [1.54, 1.807) is 24.4 Å². The summed E-state index contributed by atoms with van der Waals surface area (Å²) < 4.78 is 34.5. The van der Waals surface area contributed by atoms with Gasteiger partial charge in [0.25, 0.3) is 0 Å². The molecule has 0 aliphatic rings. The van der Waals surface area contributed by atoms with Crippen LogP contribution in [0.25, 0.3) is 0 Å². The van der Waals surface area contributed by atoms with Crippen molar-refractivity contribution < 1.29 is 17.9 Å². The zero-order valence-electron chi connectivity index (χ0n) is 11.3. The lowest BCUT2D eigenvalue weighted by Crippen LogP contribution is -2.19. The average Bonchev–Trinajstić information content (AvgIpc) is 2.83. The summed E-state index contributed by atoms with van der Waals surface area (Å²) in [6.07, 6.45) is 1.64. The molecule has 1 atom stereocenters. The lowest BCUT2D eigenvalue weighted by atomic mass is 10.2. The number of nitrogens with zero attached hydrogens (tertiary/aromatic N) is 1. The zero-order valence-corrected chi connectivity index (χ0v) is 11.3. The first-order valence-corrected chi connectivity index (χ1v) is 6.24. The fourth-order valence-corrected chi connectivity index (χ4v) is 1.78. The second-order valence-electron chi connectivity index (χ2n) is 4.40. The predicted molar refractivity (Wildman–Crippen MR) is 69.6 cm³/mol. The maximum atomic E-state index is 12.3. The number of halogens is 2. The molecule has 4 nitrogen and oxygen atoms in total. The van der Waals surface area contributed by atoms with Crippen molar-refractivity contribution in [3.63, 3.8) is 0 Å². The molecule has 2 aromatic rings. The number of ether oxygens (including phenoxy) is 1.